The van der Waals surface area contributed by atoms with Gasteiger partial charge in [0.25, 0.3) is 5.78 Å². The molecule has 0 aromatic rings. The predicted octanol–water partition coefficient (Wildman–Crippen LogP) is -3.50. The fourth-order valence-electron chi connectivity index (χ4n) is 1.13. The van der Waals surface area contributed by atoms with Crippen molar-refractivity contribution in [1.82, 2.24) is 0 Å². The Morgan fingerprint density at radius 1 is 1.62 bits per heavy atom. The number of aliphatic hydroxyl groups is 2. The van der Waals surface area contributed by atoms with Gasteiger partial charge in [0.2, 0.25) is 0 Å². The monoisotopic (exact) mass is 206 g/mol. The van der Waals surface area contributed by atoms with Gasteiger partial charge in [0.05, 0.1) is 6.61 Å². The van der Waals surface area contributed by atoms with Gasteiger partial charge in [-0.05, 0) is 0 Å². The Hall–Kier alpha value is -0.763. The zero-order chi connectivity index (χ0) is 10.0. The third-order valence-electron chi connectivity index (χ3n) is 1.82. The van der Waals surface area contributed by atoms with Gasteiger partial charge in [0, 0.05) is 0 Å². The highest BCUT2D eigenvalue weighted by molar-refractivity contribution is 6.37. The van der Waals surface area contributed by atoms with Crippen LogP contribution in [0.2, 0.25) is 0 Å². The highest BCUT2D eigenvalue weighted by Crippen LogP contribution is 2.17. The normalized spacial score (nSPS) is 30.6. The number of cyclic esters (lactones) is 1. The Morgan fingerprint density at radius 3 is 2.69 bits per heavy atom. The summed E-state index contributed by atoms with van der Waals surface area (Å²) in [6.07, 6.45) is -3.39. The molecule has 1 unspecified atom stereocenters. The molecule has 0 aromatic heterocycles. The van der Waals surface area contributed by atoms with Crippen LogP contribution in [0.15, 0.2) is 0 Å². The third kappa shape index (κ3) is 1.78. The molecular weight excluding hydrogens is 196 g/mol. The lowest BCUT2D eigenvalue weighted by Gasteiger charge is -2.18. The van der Waals surface area contributed by atoms with Crippen LogP contribution in [0, 0.1) is 0 Å². The third-order valence-corrected chi connectivity index (χ3v) is 2.33. The molecule has 6 nitrogen and oxygen atoms in total. The first kappa shape index (κ1) is 10.3. The standard InChI is InChI=1S/C6H10O6Si/c7-1-2(8)4-5(12-13)3(9)6(10)11-4/h2,4-5,7-8H,1H2,13H3/t2-,4+,5?/m0/s1. The number of hydrogen-bond acceptors (Lipinski definition) is 6. The van der Waals surface area contributed by atoms with Crippen LogP contribution in [0.5, 0.6) is 0 Å². The summed E-state index contributed by atoms with van der Waals surface area (Å²) < 4.78 is 9.33. The number of carbonyl (C=O) groups is 2. The molecule has 1 aliphatic rings. The zero-order valence-electron chi connectivity index (χ0n) is 6.97. The second kappa shape index (κ2) is 3.96. The molecule has 2 N–H and O–H groups in total. The summed E-state index contributed by atoms with van der Waals surface area (Å²) in [4.78, 5) is 21.7. The van der Waals surface area contributed by atoms with E-state index in [4.69, 9.17) is 14.6 Å². The molecule has 1 rings (SSSR count). The van der Waals surface area contributed by atoms with Crippen molar-refractivity contribution in [2.24, 2.45) is 0 Å². The highest BCUT2D eigenvalue weighted by atomic mass is 28.2. The van der Waals surface area contributed by atoms with Crippen molar-refractivity contribution in [2.45, 2.75) is 18.3 Å². The Labute approximate surface area is 77.0 Å². The lowest BCUT2D eigenvalue weighted by Crippen LogP contribution is -2.40. The minimum Gasteiger partial charge on any atom is -0.450 e. The van der Waals surface area contributed by atoms with Crippen molar-refractivity contribution in [3.05, 3.63) is 0 Å². The molecule has 0 bridgehead atoms. The molecular formula is C6H10O6Si. The number of Topliss-reactive ketones (excluding diaryl/α,β-unsaturated/α-hetero) is 1. The summed E-state index contributed by atoms with van der Waals surface area (Å²) in [6.45, 7) is -0.577. The van der Waals surface area contributed by atoms with Crippen LogP contribution >= 0.6 is 0 Å². The van der Waals surface area contributed by atoms with Crippen LogP contribution in [0.3, 0.4) is 0 Å². The van der Waals surface area contributed by atoms with Gasteiger partial charge < -0.3 is 19.4 Å². The van der Waals surface area contributed by atoms with E-state index in [1.54, 1.807) is 0 Å². The maximum atomic E-state index is 11.0. The molecule has 0 aromatic carbocycles. The topological polar surface area (TPSA) is 93.1 Å². The summed E-state index contributed by atoms with van der Waals surface area (Å²) in [7, 11) is 0.252. The van der Waals surface area contributed by atoms with Crippen molar-refractivity contribution in [2.75, 3.05) is 6.61 Å². The van der Waals surface area contributed by atoms with E-state index in [0.29, 0.717) is 0 Å². The predicted molar refractivity (Wildman–Crippen MR) is 42.8 cm³/mol. The maximum absolute atomic E-state index is 11.0. The molecule has 74 valence electrons. The van der Waals surface area contributed by atoms with Gasteiger partial charge in [-0.25, -0.2) is 4.79 Å². The summed E-state index contributed by atoms with van der Waals surface area (Å²) in [5.74, 6) is -1.81. The molecule has 0 saturated carbocycles. The number of ether oxygens (including phenoxy) is 1. The maximum Gasteiger partial charge on any atom is 0.378 e. The molecule has 1 fully saturated rings. The zero-order valence-corrected chi connectivity index (χ0v) is 8.97. The van der Waals surface area contributed by atoms with Gasteiger partial charge in [-0.1, -0.05) is 0 Å². The van der Waals surface area contributed by atoms with E-state index in [0.717, 1.165) is 0 Å². The van der Waals surface area contributed by atoms with Gasteiger partial charge in [-0.3, -0.25) is 4.79 Å². The van der Waals surface area contributed by atoms with E-state index in [9.17, 15) is 9.59 Å². The minimum atomic E-state index is -1.27. The average molecular weight is 206 g/mol. The molecule has 0 spiro atoms. The van der Waals surface area contributed by atoms with Crippen molar-refractivity contribution in [3.63, 3.8) is 0 Å². The Bertz CT molecular complexity index is 229. The lowest BCUT2D eigenvalue weighted by molar-refractivity contribution is -0.151. The molecule has 1 saturated heterocycles. The van der Waals surface area contributed by atoms with E-state index in [1.165, 1.54) is 0 Å². The Kier molecular flexibility index (Phi) is 3.15. The van der Waals surface area contributed by atoms with E-state index < -0.39 is 36.7 Å². The molecule has 1 aliphatic heterocycles. The Balaban J connectivity index is 2.76. The molecule has 0 radical (unpaired) electrons. The van der Waals surface area contributed by atoms with E-state index in [-0.39, 0.29) is 10.5 Å². The number of aliphatic hydroxyl groups excluding tert-OH is 2. The summed E-state index contributed by atoms with van der Waals surface area (Å²) >= 11 is 0. The molecule has 7 heteroatoms. The number of ketones is 1. The number of esters is 1. The van der Waals surface area contributed by atoms with Gasteiger partial charge in [-0.15, -0.1) is 0 Å². The number of hydrogen-bond donors (Lipinski definition) is 2. The number of carbonyl (C=O) groups excluding carboxylic acids is 2. The lowest BCUT2D eigenvalue weighted by atomic mass is 10.1. The largest absolute Gasteiger partial charge is 0.450 e. The van der Waals surface area contributed by atoms with E-state index in [1.807, 2.05) is 0 Å². The molecule has 0 aliphatic carbocycles. The molecule has 13 heavy (non-hydrogen) atoms. The first-order chi connectivity index (χ1) is 6.11. The fourth-order valence-corrected chi connectivity index (χ4v) is 1.62. The summed E-state index contributed by atoms with van der Waals surface area (Å²) in [5, 5.41) is 17.7. The summed E-state index contributed by atoms with van der Waals surface area (Å²) in [6, 6.07) is 0. The van der Waals surface area contributed by atoms with Crippen molar-refractivity contribution < 1.29 is 29.0 Å². The second-order valence-electron chi connectivity index (χ2n) is 2.64. The van der Waals surface area contributed by atoms with Crippen LogP contribution in [0.4, 0.5) is 0 Å². The fraction of sp³-hybridized carbons (Fsp3) is 0.667. The van der Waals surface area contributed by atoms with Crippen LogP contribution in [0.25, 0.3) is 0 Å². The molecule has 1 heterocycles. The SMILES string of the molecule is O=C1O[C@H]([C@@H](O)CO)C(O[SiH3])C1=O. The summed E-state index contributed by atoms with van der Waals surface area (Å²) in [5.41, 5.74) is 0. The van der Waals surface area contributed by atoms with Crippen LogP contribution < -0.4 is 0 Å². The van der Waals surface area contributed by atoms with E-state index in [2.05, 4.69) is 4.74 Å². The average Bonchev–Trinajstić information content (AvgIpc) is 2.42. The van der Waals surface area contributed by atoms with Crippen LogP contribution in [-0.4, -0.2) is 57.4 Å². The first-order valence-electron chi connectivity index (χ1n) is 3.68. The van der Waals surface area contributed by atoms with Crippen molar-refractivity contribution in [1.29, 1.82) is 0 Å². The first-order valence-corrected chi connectivity index (χ1v) is 4.50. The van der Waals surface area contributed by atoms with Crippen LogP contribution in [0.1, 0.15) is 0 Å². The Morgan fingerprint density at radius 2 is 2.23 bits per heavy atom. The quantitative estimate of drug-likeness (QED) is 0.283. The highest BCUT2D eigenvalue weighted by Gasteiger charge is 2.46. The van der Waals surface area contributed by atoms with Gasteiger partial charge >= 0.3 is 5.97 Å². The van der Waals surface area contributed by atoms with Gasteiger partial charge in [0.1, 0.15) is 16.6 Å². The van der Waals surface area contributed by atoms with Crippen molar-refractivity contribution >= 4 is 22.2 Å². The molecule has 3 atom stereocenters. The van der Waals surface area contributed by atoms with Crippen LogP contribution in [-0.2, 0) is 18.8 Å². The smallest absolute Gasteiger partial charge is 0.378 e. The van der Waals surface area contributed by atoms with Crippen molar-refractivity contribution in [3.8, 4) is 0 Å². The molecule has 0 amide bonds. The van der Waals surface area contributed by atoms with E-state index >= 15 is 0 Å². The van der Waals surface area contributed by atoms with Gasteiger partial charge in [0.15, 0.2) is 12.2 Å². The second-order valence-corrected chi connectivity index (χ2v) is 3.11. The van der Waals surface area contributed by atoms with Gasteiger partial charge in [-0.2, -0.15) is 0 Å². The minimum absolute atomic E-state index is 0.252. The number of rotatable bonds is 3.